The first-order valence-electron chi connectivity index (χ1n) is 13.6. The Kier molecular flexibility index (Phi) is 7.92. The van der Waals surface area contributed by atoms with Gasteiger partial charge < -0.3 is 19.3 Å². The first-order valence-corrected chi connectivity index (χ1v) is 13.6. The van der Waals surface area contributed by atoms with Gasteiger partial charge >= 0.3 is 0 Å². The van der Waals surface area contributed by atoms with Crippen molar-refractivity contribution in [1.29, 1.82) is 0 Å². The Morgan fingerprint density at radius 1 is 1.20 bits per heavy atom. The van der Waals surface area contributed by atoms with Crippen molar-refractivity contribution in [2.75, 3.05) is 27.4 Å². The van der Waals surface area contributed by atoms with Gasteiger partial charge in [0.15, 0.2) is 0 Å². The Hall–Kier alpha value is -3.74. The summed E-state index contributed by atoms with van der Waals surface area (Å²) in [6.45, 7) is 9.76. The zero-order valence-corrected chi connectivity index (χ0v) is 24.2. The number of H-pyrrole nitrogens is 1. The van der Waals surface area contributed by atoms with Crippen LogP contribution in [0.2, 0.25) is 0 Å². The molecule has 0 saturated carbocycles. The molecular weight excluding hydrogens is 512 g/mol. The van der Waals surface area contributed by atoms with Crippen LogP contribution < -0.4 is 9.47 Å². The zero-order chi connectivity index (χ0) is 28.6. The summed E-state index contributed by atoms with van der Waals surface area (Å²) in [5.74, 6) is 1.16. The number of nitrogens with zero attached hydrogens (tertiary/aromatic N) is 7. The van der Waals surface area contributed by atoms with E-state index in [1.54, 1.807) is 11.8 Å². The lowest BCUT2D eigenvalue weighted by Gasteiger charge is -2.30. The molecule has 0 aromatic carbocycles. The lowest BCUT2D eigenvalue weighted by molar-refractivity contribution is 0.0920. The molecule has 0 fully saturated rings. The summed E-state index contributed by atoms with van der Waals surface area (Å²) in [4.78, 5) is 7.13. The van der Waals surface area contributed by atoms with Crippen molar-refractivity contribution in [3.8, 4) is 23.0 Å². The molecular formula is C28H38N8O4. The predicted octanol–water partition coefficient (Wildman–Crippen LogP) is 3.17. The van der Waals surface area contributed by atoms with Crippen LogP contribution in [0.3, 0.4) is 0 Å². The van der Waals surface area contributed by atoms with E-state index in [9.17, 15) is 5.11 Å². The smallest absolute Gasteiger partial charge is 0.240 e. The highest BCUT2D eigenvalue weighted by atomic mass is 16.5. The second kappa shape index (κ2) is 11.4. The molecule has 0 unspecified atom stereocenters. The van der Waals surface area contributed by atoms with E-state index in [1.165, 1.54) is 0 Å². The highest BCUT2D eigenvalue weighted by Crippen LogP contribution is 2.37. The van der Waals surface area contributed by atoms with Crippen LogP contribution in [0.1, 0.15) is 49.1 Å². The van der Waals surface area contributed by atoms with E-state index in [1.807, 2.05) is 43.8 Å². The molecule has 12 heteroatoms. The molecule has 1 aliphatic heterocycles. The van der Waals surface area contributed by atoms with Crippen LogP contribution in [0.25, 0.3) is 34.3 Å². The Morgan fingerprint density at radius 2 is 2.00 bits per heavy atom. The minimum absolute atomic E-state index is 0.0118. The van der Waals surface area contributed by atoms with Gasteiger partial charge in [-0.25, -0.2) is 4.68 Å². The van der Waals surface area contributed by atoms with Gasteiger partial charge in [0.1, 0.15) is 17.3 Å². The van der Waals surface area contributed by atoms with Crippen molar-refractivity contribution in [1.82, 2.24) is 39.6 Å². The van der Waals surface area contributed by atoms with Crippen molar-refractivity contribution >= 4 is 23.1 Å². The van der Waals surface area contributed by atoms with E-state index >= 15 is 0 Å². The lowest BCUT2D eigenvalue weighted by atomic mass is 10.1. The maximum atomic E-state index is 9.78. The lowest BCUT2D eigenvalue weighted by Crippen LogP contribution is -2.41. The first kappa shape index (κ1) is 27.8. The number of pyridine rings is 1. The van der Waals surface area contributed by atoms with Crippen LogP contribution >= 0.6 is 0 Å². The maximum absolute atomic E-state index is 9.78. The van der Waals surface area contributed by atoms with Crippen LogP contribution in [-0.4, -0.2) is 84.3 Å². The summed E-state index contributed by atoms with van der Waals surface area (Å²) in [7, 11) is 5.58. The fraction of sp³-hybridized carbons (Fsp3) is 0.500. The number of aromatic amines is 1. The van der Waals surface area contributed by atoms with Gasteiger partial charge in [0.2, 0.25) is 11.8 Å². The van der Waals surface area contributed by atoms with Crippen LogP contribution in [-0.2, 0) is 31.5 Å². The normalized spacial score (nSPS) is 18.7. The number of hydrogen-bond donors (Lipinski definition) is 2. The van der Waals surface area contributed by atoms with E-state index in [-0.39, 0.29) is 18.8 Å². The molecule has 2 N–H and O–H groups in total. The van der Waals surface area contributed by atoms with Crippen LogP contribution in [0.15, 0.2) is 6.07 Å². The van der Waals surface area contributed by atoms with Crippen LogP contribution in [0.5, 0.6) is 11.8 Å². The van der Waals surface area contributed by atoms with Crippen molar-refractivity contribution in [3.63, 3.8) is 0 Å². The molecule has 1 aliphatic rings. The van der Waals surface area contributed by atoms with E-state index in [0.717, 1.165) is 50.5 Å². The summed E-state index contributed by atoms with van der Waals surface area (Å²) in [6, 6.07) is 2.03. The molecule has 2 bridgehead atoms. The molecule has 0 spiro atoms. The van der Waals surface area contributed by atoms with Gasteiger partial charge in [0.25, 0.3) is 0 Å². The van der Waals surface area contributed by atoms with Gasteiger partial charge in [-0.2, -0.15) is 10.2 Å². The van der Waals surface area contributed by atoms with Crippen molar-refractivity contribution < 1.29 is 19.3 Å². The summed E-state index contributed by atoms with van der Waals surface area (Å²) >= 11 is 0. The first-order chi connectivity index (χ1) is 19.3. The molecule has 0 saturated heterocycles. The number of aliphatic hydroxyl groups excluding tert-OH is 1. The van der Waals surface area contributed by atoms with Crippen LogP contribution in [0.4, 0.5) is 0 Å². The molecule has 0 amide bonds. The Morgan fingerprint density at radius 3 is 2.73 bits per heavy atom. The number of methoxy groups -OCH3 is 1. The average Bonchev–Trinajstić information content (AvgIpc) is 3.56. The second-order valence-corrected chi connectivity index (χ2v) is 10.2. The summed E-state index contributed by atoms with van der Waals surface area (Å²) < 4.78 is 21.7. The molecule has 12 nitrogen and oxygen atoms in total. The Labute approximate surface area is 233 Å². The van der Waals surface area contributed by atoms with Gasteiger partial charge in [-0.15, -0.1) is 5.10 Å². The summed E-state index contributed by atoms with van der Waals surface area (Å²) in [5, 5.41) is 27.9. The number of aromatic nitrogens is 7. The number of nitrogens with one attached hydrogen (secondary N) is 1. The molecule has 5 rings (SSSR count). The van der Waals surface area contributed by atoms with E-state index in [0.29, 0.717) is 38.1 Å². The quantitative estimate of drug-likeness (QED) is 0.372. The molecule has 40 heavy (non-hydrogen) atoms. The molecule has 0 aliphatic carbocycles. The molecule has 0 radical (unpaired) electrons. The third-order valence-electron chi connectivity index (χ3n) is 7.49. The Balaban J connectivity index is 1.76. The number of hydrogen-bond acceptors (Lipinski definition) is 9. The fourth-order valence-corrected chi connectivity index (χ4v) is 5.16. The Bertz CT molecular complexity index is 1540. The average molecular weight is 551 g/mol. The highest BCUT2D eigenvalue weighted by molar-refractivity contribution is 5.93. The molecule has 214 valence electrons. The SMILES string of the molecule is CCOc1nn(CCO)c2c1/C=C/c1[nH]nc3c(C)nc(cc13)-c1c(COC)nn(C)c1O[C@H](C)[C@@H](C)N(C)C2. The van der Waals surface area contributed by atoms with Crippen LogP contribution in [0, 0.1) is 6.92 Å². The highest BCUT2D eigenvalue weighted by Gasteiger charge is 2.28. The number of rotatable bonds is 6. The van der Waals surface area contributed by atoms with Gasteiger partial charge in [0.05, 0.1) is 60.3 Å². The number of fused-ring (bicyclic) bond motifs is 4. The monoisotopic (exact) mass is 550 g/mol. The topological polar surface area (TPSA) is 128 Å². The van der Waals surface area contributed by atoms with Gasteiger partial charge in [-0.05, 0) is 53.0 Å². The molecule has 2 atom stereocenters. The van der Waals surface area contributed by atoms with Crippen molar-refractivity contribution in [2.45, 2.75) is 59.5 Å². The maximum Gasteiger partial charge on any atom is 0.240 e. The molecule has 4 aromatic rings. The molecule has 5 heterocycles. The minimum Gasteiger partial charge on any atom is -0.476 e. The predicted molar refractivity (Wildman–Crippen MR) is 152 cm³/mol. The number of aryl methyl sites for hydroxylation is 2. The summed E-state index contributed by atoms with van der Waals surface area (Å²) in [5.41, 5.74) is 6.51. The van der Waals surface area contributed by atoms with E-state index in [2.05, 4.69) is 36.0 Å². The second-order valence-electron chi connectivity index (χ2n) is 10.2. The molecule has 4 aromatic heterocycles. The standard InChI is InChI=1S/C28H38N8O4/c1-8-39-27-19-9-10-21-20-13-22(29-16(2)26(20)31-30-21)25-23(15-38-7)32-35(6)28(25)40-18(4)17(3)34(5)14-24(19)36(33-27)11-12-37/h9-10,13,17-18,37H,8,11-12,14-15H2,1-7H3,(H,30,31)/b10-9+/t17-,18-/m1/s1. The van der Waals surface area contributed by atoms with Gasteiger partial charge in [0, 0.05) is 32.1 Å². The zero-order valence-electron chi connectivity index (χ0n) is 24.2. The van der Waals surface area contributed by atoms with E-state index in [4.69, 9.17) is 29.4 Å². The van der Waals surface area contributed by atoms with Gasteiger partial charge in [-0.1, -0.05) is 0 Å². The number of likely N-dealkylation sites (N-methyl/N-ethyl adjacent to an activating group) is 1. The van der Waals surface area contributed by atoms with Crippen molar-refractivity contribution in [3.05, 3.63) is 34.4 Å². The third-order valence-corrected chi connectivity index (χ3v) is 7.49. The number of ether oxygens (including phenoxy) is 3. The van der Waals surface area contributed by atoms with Crippen molar-refractivity contribution in [2.24, 2.45) is 7.05 Å². The summed E-state index contributed by atoms with van der Waals surface area (Å²) in [6.07, 6.45) is 3.80. The third kappa shape index (κ3) is 4.98. The number of aliphatic hydroxyl groups is 1. The largest absolute Gasteiger partial charge is 0.476 e. The minimum atomic E-state index is -0.200. The van der Waals surface area contributed by atoms with Gasteiger partial charge in [-0.3, -0.25) is 19.7 Å². The van der Waals surface area contributed by atoms with E-state index < -0.39 is 0 Å². The fourth-order valence-electron chi connectivity index (χ4n) is 5.16.